The number of nitrogens with zero attached hydrogens (tertiary/aromatic N) is 1. The Hall–Kier alpha value is -0.690. The number of nitrogen functional groups attached to an aromatic ring is 1. The molecule has 0 atom stereocenters. The van der Waals surface area contributed by atoms with Crippen molar-refractivity contribution in [1.29, 1.82) is 0 Å². The van der Waals surface area contributed by atoms with Crippen LogP contribution in [0.15, 0.2) is 12.3 Å². The van der Waals surface area contributed by atoms with Crippen LogP contribution in [-0.2, 0) is 0 Å². The van der Waals surface area contributed by atoms with E-state index in [9.17, 15) is 4.79 Å². The van der Waals surface area contributed by atoms with Crippen LogP contribution < -0.4 is 11.3 Å². The molecule has 0 aliphatic rings. The number of pyridine rings is 1. The number of hydrogen-bond donors (Lipinski definition) is 2. The maximum Gasteiger partial charge on any atom is 0.266 e. The molecule has 0 saturated heterocycles. The summed E-state index contributed by atoms with van der Waals surface area (Å²) in [5.41, 5.74) is 3.44. The van der Waals surface area contributed by atoms with Crippen LogP contribution in [-0.4, -0.2) is 10.9 Å². The van der Waals surface area contributed by atoms with Crippen molar-refractivity contribution >= 4 is 28.5 Å². The number of nitrogens with one attached hydrogen (secondary N) is 1. The lowest BCUT2D eigenvalue weighted by atomic mass is 10.2. The lowest BCUT2D eigenvalue weighted by Crippen LogP contribution is -2.30. The largest absolute Gasteiger partial charge is 0.290 e. The van der Waals surface area contributed by atoms with E-state index in [1.54, 1.807) is 12.3 Å². The molecule has 3 N–H and O–H groups in total. The van der Waals surface area contributed by atoms with E-state index in [0.717, 1.165) is 9.26 Å². The minimum absolute atomic E-state index is 0.287. The fourth-order valence-corrected chi connectivity index (χ4v) is 1.33. The van der Waals surface area contributed by atoms with E-state index in [4.69, 9.17) is 5.84 Å². The minimum Gasteiger partial charge on any atom is -0.290 e. The van der Waals surface area contributed by atoms with E-state index >= 15 is 0 Å². The highest BCUT2D eigenvalue weighted by atomic mass is 127. The number of halogens is 1. The third-order valence-corrected chi connectivity index (χ3v) is 2.23. The van der Waals surface area contributed by atoms with Crippen LogP contribution in [0, 0.1) is 10.5 Å². The molecule has 0 radical (unpaired) electrons. The SMILES string of the molecule is Cc1cc(C(=O)NN)c(I)cn1. The van der Waals surface area contributed by atoms with Crippen molar-refractivity contribution in [2.45, 2.75) is 6.92 Å². The molecule has 1 heterocycles. The molecule has 0 aliphatic carbocycles. The molecule has 12 heavy (non-hydrogen) atoms. The van der Waals surface area contributed by atoms with Gasteiger partial charge in [0.25, 0.3) is 5.91 Å². The highest BCUT2D eigenvalue weighted by molar-refractivity contribution is 14.1. The number of hydrazine groups is 1. The van der Waals surface area contributed by atoms with Crippen LogP contribution in [0.3, 0.4) is 0 Å². The molecule has 64 valence electrons. The average molecular weight is 277 g/mol. The summed E-state index contributed by atoms with van der Waals surface area (Å²) in [5, 5.41) is 0. The molecule has 0 bridgehead atoms. The van der Waals surface area contributed by atoms with Gasteiger partial charge in [-0.1, -0.05) is 0 Å². The number of aromatic nitrogens is 1. The van der Waals surface area contributed by atoms with E-state index in [2.05, 4.69) is 10.4 Å². The van der Waals surface area contributed by atoms with Gasteiger partial charge in [-0.2, -0.15) is 0 Å². The molecule has 0 unspecified atom stereocenters. The van der Waals surface area contributed by atoms with Crippen LogP contribution >= 0.6 is 22.6 Å². The Balaban J connectivity index is 3.13. The zero-order valence-electron chi connectivity index (χ0n) is 6.47. The molecule has 1 amide bonds. The van der Waals surface area contributed by atoms with Gasteiger partial charge >= 0.3 is 0 Å². The van der Waals surface area contributed by atoms with E-state index in [1.807, 2.05) is 29.5 Å². The van der Waals surface area contributed by atoms with Gasteiger partial charge in [0.05, 0.1) is 5.56 Å². The van der Waals surface area contributed by atoms with Crippen molar-refractivity contribution in [3.8, 4) is 0 Å². The van der Waals surface area contributed by atoms with Crippen molar-refractivity contribution in [3.05, 3.63) is 27.1 Å². The summed E-state index contributed by atoms with van der Waals surface area (Å²) in [5.74, 6) is 4.71. The van der Waals surface area contributed by atoms with Gasteiger partial charge in [0.2, 0.25) is 0 Å². The first kappa shape index (κ1) is 9.40. The molecule has 1 rings (SSSR count). The minimum atomic E-state index is -0.287. The third kappa shape index (κ3) is 1.92. The molecule has 1 aromatic heterocycles. The standard InChI is InChI=1S/C7H8IN3O/c1-4-2-5(7(12)11-9)6(8)3-10-4/h2-3H,9H2,1H3,(H,11,12). The molecular formula is C7H8IN3O. The maximum absolute atomic E-state index is 11.1. The van der Waals surface area contributed by atoms with Crippen molar-refractivity contribution < 1.29 is 4.79 Å². The Labute approximate surface area is 83.7 Å². The molecule has 0 saturated carbocycles. The first-order valence-electron chi connectivity index (χ1n) is 3.28. The summed E-state index contributed by atoms with van der Waals surface area (Å²) in [7, 11) is 0. The van der Waals surface area contributed by atoms with Crippen molar-refractivity contribution in [3.63, 3.8) is 0 Å². The molecule has 5 heteroatoms. The van der Waals surface area contributed by atoms with Gasteiger partial charge in [-0.15, -0.1) is 0 Å². The number of aryl methyl sites for hydroxylation is 1. The Kier molecular flexibility index (Phi) is 2.99. The lowest BCUT2D eigenvalue weighted by molar-refractivity contribution is 0.0952. The van der Waals surface area contributed by atoms with Gasteiger partial charge < -0.3 is 0 Å². The summed E-state index contributed by atoms with van der Waals surface area (Å²) < 4.78 is 0.793. The predicted octanol–water partition coefficient (Wildman–Crippen LogP) is 0.598. The monoisotopic (exact) mass is 277 g/mol. The van der Waals surface area contributed by atoms with E-state index in [-0.39, 0.29) is 5.91 Å². The summed E-state index contributed by atoms with van der Waals surface area (Å²) in [6.45, 7) is 1.82. The summed E-state index contributed by atoms with van der Waals surface area (Å²) in [6, 6.07) is 1.70. The molecule has 0 aromatic carbocycles. The van der Waals surface area contributed by atoms with Gasteiger partial charge in [-0.3, -0.25) is 15.2 Å². The highest BCUT2D eigenvalue weighted by Crippen LogP contribution is 2.11. The number of carbonyl (C=O) groups excluding carboxylic acids is 1. The van der Waals surface area contributed by atoms with Crippen molar-refractivity contribution in [2.75, 3.05) is 0 Å². The van der Waals surface area contributed by atoms with Gasteiger partial charge in [0.1, 0.15) is 0 Å². The fraction of sp³-hybridized carbons (Fsp3) is 0.143. The molecule has 1 aromatic rings. The van der Waals surface area contributed by atoms with Gasteiger partial charge in [0, 0.05) is 15.5 Å². The van der Waals surface area contributed by atoms with Crippen LogP contribution in [0.5, 0.6) is 0 Å². The molecule has 0 aliphatic heterocycles. The second-order valence-corrected chi connectivity index (χ2v) is 3.44. The topological polar surface area (TPSA) is 68.0 Å². The third-order valence-electron chi connectivity index (χ3n) is 1.37. The summed E-state index contributed by atoms with van der Waals surface area (Å²) in [4.78, 5) is 15.1. The van der Waals surface area contributed by atoms with E-state index in [1.165, 1.54) is 0 Å². The predicted molar refractivity (Wildman–Crippen MR) is 53.3 cm³/mol. The van der Waals surface area contributed by atoms with Gasteiger partial charge in [-0.05, 0) is 35.6 Å². The average Bonchev–Trinajstić information content (AvgIpc) is 2.08. The Morgan fingerprint density at radius 1 is 1.75 bits per heavy atom. The quantitative estimate of drug-likeness (QED) is 0.342. The Morgan fingerprint density at radius 3 is 3.00 bits per heavy atom. The molecule has 4 nitrogen and oxygen atoms in total. The summed E-state index contributed by atoms with van der Waals surface area (Å²) >= 11 is 2.04. The van der Waals surface area contributed by atoms with Crippen LogP contribution in [0.1, 0.15) is 16.1 Å². The first-order chi connectivity index (χ1) is 5.65. The van der Waals surface area contributed by atoms with Crippen molar-refractivity contribution in [1.82, 2.24) is 10.4 Å². The van der Waals surface area contributed by atoms with Crippen LogP contribution in [0.2, 0.25) is 0 Å². The molecular weight excluding hydrogens is 269 g/mol. The summed E-state index contributed by atoms with van der Waals surface area (Å²) in [6.07, 6.45) is 1.64. The maximum atomic E-state index is 11.1. The second kappa shape index (κ2) is 3.81. The molecule has 0 spiro atoms. The number of nitrogens with two attached hydrogens (primary N) is 1. The normalized spacial score (nSPS) is 9.58. The second-order valence-electron chi connectivity index (χ2n) is 2.28. The molecule has 0 fully saturated rings. The van der Waals surface area contributed by atoms with Gasteiger partial charge in [0.15, 0.2) is 0 Å². The zero-order chi connectivity index (χ0) is 9.14. The number of rotatable bonds is 1. The van der Waals surface area contributed by atoms with Crippen LogP contribution in [0.4, 0.5) is 0 Å². The number of amides is 1. The van der Waals surface area contributed by atoms with E-state index < -0.39 is 0 Å². The first-order valence-corrected chi connectivity index (χ1v) is 4.36. The zero-order valence-corrected chi connectivity index (χ0v) is 8.62. The van der Waals surface area contributed by atoms with Crippen molar-refractivity contribution in [2.24, 2.45) is 5.84 Å². The Bertz CT molecular complexity index is 314. The van der Waals surface area contributed by atoms with E-state index in [0.29, 0.717) is 5.56 Å². The number of carbonyl (C=O) groups is 1. The number of hydrogen-bond acceptors (Lipinski definition) is 3. The smallest absolute Gasteiger partial charge is 0.266 e. The van der Waals surface area contributed by atoms with Crippen LogP contribution in [0.25, 0.3) is 0 Å². The fourth-order valence-electron chi connectivity index (χ4n) is 0.795. The highest BCUT2D eigenvalue weighted by Gasteiger charge is 2.08. The van der Waals surface area contributed by atoms with Gasteiger partial charge in [-0.25, -0.2) is 5.84 Å². The Morgan fingerprint density at radius 2 is 2.42 bits per heavy atom. The lowest BCUT2D eigenvalue weighted by Gasteiger charge is -2.02.